The maximum Gasteiger partial charge on any atom is 0.158 e. The number of nitrogens with zero attached hydrogens (tertiary/aromatic N) is 5. The lowest BCUT2D eigenvalue weighted by Gasteiger charge is -2.25. The first-order valence-electron chi connectivity index (χ1n) is 9.97. The van der Waals surface area contributed by atoms with E-state index >= 15 is 0 Å². The Labute approximate surface area is 180 Å². The van der Waals surface area contributed by atoms with Gasteiger partial charge in [-0.05, 0) is 30.7 Å². The highest BCUT2D eigenvalue weighted by atomic mass is 19.1. The van der Waals surface area contributed by atoms with Gasteiger partial charge in [-0.2, -0.15) is 0 Å². The van der Waals surface area contributed by atoms with Crippen molar-refractivity contribution in [1.82, 2.24) is 15.0 Å². The molecule has 1 aromatic carbocycles. The van der Waals surface area contributed by atoms with Gasteiger partial charge in [0.2, 0.25) is 0 Å². The molecule has 0 spiro atoms. The Hall–Kier alpha value is -3.68. The minimum Gasteiger partial charge on any atom is -0.396 e. The minimum atomic E-state index is -0.673. The molecule has 0 saturated heterocycles. The van der Waals surface area contributed by atoms with Crippen LogP contribution in [0.25, 0.3) is 11.3 Å². The van der Waals surface area contributed by atoms with Crippen LogP contribution in [0.15, 0.2) is 66.3 Å². The number of pyridine rings is 1. The van der Waals surface area contributed by atoms with Gasteiger partial charge in [-0.1, -0.05) is 26.3 Å². The molecule has 0 atom stereocenters. The fourth-order valence-electron chi connectivity index (χ4n) is 3.00. The topological polar surface area (TPSA) is 80.3 Å². The largest absolute Gasteiger partial charge is 0.396 e. The number of nitrogens with two attached hydrogens (primary N) is 1. The van der Waals surface area contributed by atoms with Crippen LogP contribution in [0.1, 0.15) is 31.9 Å². The second kappa shape index (κ2) is 10.4. The van der Waals surface area contributed by atoms with E-state index in [1.54, 1.807) is 41.8 Å². The third kappa shape index (κ3) is 5.91. The normalized spacial score (nSPS) is 11.1. The monoisotopic (exact) mass is 422 g/mol. The molecule has 2 heterocycles. The summed E-state index contributed by atoms with van der Waals surface area (Å²) >= 11 is 0. The standard InChI is InChI=1S/C23H24F2N6/c1-3-4-5-10-31(16(2)29-15-20-14-27-8-9-28-20)23-21(26)6-7-22(30-23)17-11-18(24)13-19(25)12-17/h6-9,11-15H,2-5,10,26H2,1H3. The van der Waals surface area contributed by atoms with Crippen LogP contribution in [0.2, 0.25) is 0 Å². The Kier molecular flexibility index (Phi) is 7.37. The minimum absolute atomic E-state index is 0.320. The molecule has 0 bridgehead atoms. The highest BCUT2D eigenvalue weighted by molar-refractivity contribution is 5.78. The van der Waals surface area contributed by atoms with Crippen LogP contribution in [0.5, 0.6) is 0 Å². The summed E-state index contributed by atoms with van der Waals surface area (Å²) in [4.78, 5) is 19.0. The fraction of sp³-hybridized carbons (Fsp3) is 0.217. The van der Waals surface area contributed by atoms with E-state index < -0.39 is 11.6 Å². The molecule has 160 valence electrons. The zero-order valence-corrected chi connectivity index (χ0v) is 17.3. The number of unbranched alkanes of at least 4 members (excludes halogenated alkanes) is 2. The number of rotatable bonds is 9. The number of aromatic nitrogens is 3. The Morgan fingerprint density at radius 2 is 1.94 bits per heavy atom. The quantitative estimate of drug-likeness (QED) is 0.388. The Bertz CT molecular complexity index is 1050. The molecule has 0 aliphatic rings. The zero-order valence-electron chi connectivity index (χ0n) is 17.3. The van der Waals surface area contributed by atoms with Gasteiger partial charge in [0, 0.05) is 30.6 Å². The summed E-state index contributed by atoms with van der Waals surface area (Å²) in [5, 5.41) is 0. The summed E-state index contributed by atoms with van der Waals surface area (Å²) in [6.45, 7) is 6.76. The third-order valence-electron chi connectivity index (χ3n) is 4.55. The predicted octanol–water partition coefficient (Wildman–Crippen LogP) is 4.99. The van der Waals surface area contributed by atoms with Crippen molar-refractivity contribution in [3.05, 3.63) is 78.7 Å². The number of benzene rings is 1. The lowest BCUT2D eigenvalue weighted by atomic mass is 10.1. The summed E-state index contributed by atoms with van der Waals surface area (Å²) in [5.74, 6) is -0.496. The van der Waals surface area contributed by atoms with Crippen molar-refractivity contribution < 1.29 is 8.78 Å². The molecular formula is C23H24F2N6. The molecular weight excluding hydrogens is 398 g/mol. The number of aliphatic imine (C=N–C) groups is 1. The molecule has 2 N–H and O–H groups in total. The van der Waals surface area contributed by atoms with E-state index in [0.29, 0.717) is 40.8 Å². The highest BCUT2D eigenvalue weighted by Crippen LogP contribution is 2.29. The average molecular weight is 422 g/mol. The molecule has 8 heteroatoms. The van der Waals surface area contributed by atoms with Crippen molar-refractivity contribution in [1.29, 1.82) is 0 Å². The van der Waals surface area contributed by atoms with E-state index in [1.807, 2.05) is 0 Å². The SMILES string of the molecule is C=C(N=Cc1cnccn1)N(CCCCC)c1nc(-c2cc(F)cc(F)c2)ccc1N. The highest BCUT2D eigenvalue weighted by Gasteiger charge is 2.16. The lowest BCUT2D eigenvalue weighted by Crippen LogP contribution is -2.25. The van der Waals surface area contributed by atoms with Gasteiger partial charge in [-0.3, -0.25) is 9.97 Å². The lowest BCUT2D eigenvalue weighted by molar-refractivity contribution is 0.584. The molecule has 0 fully saturated rings. The molecule has 0 aliphatic carbocycles. The molecule has 0 unspecified atom stereocenters. The number of anilines is 2. The van der Waals surface area contributed by atoms with Crippen LogP contribution >= 0.6 is 0 Å². The van der Waals surface area contributed by atoms with Gasteiger partial charge in [-0.15, -0.1) is 0 Å². The first-order valence-corrected chi connectivity index (χ1v) is 9.97. The molecule has 0 saturated carbocycles. The summed E-state index contributed by atoms with van der Waals surface area (Å²) in [6, 6.07) is 6.57. The first-order chi connectivity index (χ1) is 15.0. The van der Waals surface area contributed by atoms with Gasteiger partial charge < -0.3 is 10.6 Å². The maximum atomic E-state index is 13.7. The Morgan fingerprint density at radius 1 is 1.16 bits per heavy atom. The van der Waals surface area contributed by atoms with E-state index in [1.165, 1.54) is 12.1 Å². The van der Waals surface area contributed by atoms with Crippen molar-refractivity contribution in [2.24, 2.45) is 4.99 Å². The fourth-order valence-corrected chi connectivity index (χ4v) is 3.00. The van der Waals surface area contributed by atoms with E-state index in [4.69, 9.17) is 5.73 Å². The molecule has 0 aliphatic heterocycles. The number of halogens is 2. The van der Waals surface area contributed by atoms with Crippen molar-refractivity contribution in [2.45, 2.75) is 26.2 Å². The first kappa shape index (κ1) is 22.0. The number of hydrogen-bond donors (Lipinski definition) is 1. The summed E-state index contributed by atoms with van der Waals surface area (Å²) in [6.07, 6.45) is 9.21. The summed E-state index contributed by atoms with van der Waals surface area (Å²) in [5.41, 5.74) is 7.92. The van der Waals surface area contributed by atoms with Crippen LogP contribution in [-0.4, -0.2) is 27.7 Å². The second-order valence-corrected chi connectivity index (χ2v) is 6.93. The van der Waals surface area contributed by atoms with Crippen LogP contribution in [0.3, 0.4) is 0 Å². The molecule has 31 heavy (non-hydrogen) atoms. The smallest absolute Gasteiger partial charge is 0.158 e. The van der Waals surface area contributed by atoms with Crippen molar-refractivity contribution >= 4 is 17.7 Å². The number of hydrogen-bond acceptors (Lipinski definition) is 6. The Balaban J connectivity index is 1.95. The van der Waals surface area contributed by atoms with Gasteiger partial charge in [0.05, 0.1) is 29.5 Å². The maximum absolute atomic E-state index is 13.7. The van der Waals surface area contributed by atoms with E-state index in [9.17, 15) is 8.78 Å². The average Bonchev–Trinajstić information content (AvgIpc) is 2.76. The van der Waals surface area contributed by atoms with Gasteiger partial charge in [0.1, 0.15) is 17.5 Å². The molecule has 0 radical (unpaired) electrons. The van der Waals surface area contributed by atoms with Gasteiger partial charge in [-0.25, -0.2) is 18.8 Å². The third-order valence-corrected chi connectivity index (χ3v) is 4.55. The van der Waals surface area contributed by atoms with E-state index in [-0.39, 0.29) is 0 Å². The van der Waals surface area contributed by atoms with Crippen molar-refractivity contribution in [3.63, 3.8) is 0 Å². The van der Waals surface area contributed by atoms with Crippen LogP contribution in [-0.2, 0) is 0 Å². The molecule has 3 aromatic rings. The molecule has 6 nitrogen and oxygen atoms in total. The molecule has 2 aromatic heterocycles. The predicted molar refractivity (Wildman–Crippen MR) is 120 cm³/mol. The van der Waals surface area contributed by atoms with Gasteiger partial charge >= 0.3 is 0 Å². The van der Waals surface area contributed by atoms with Gasteiger partial charge in [0.15, 0.2) is 5.82 Å². The van der Waals surface area contributed by atoms with Gasteiger partial charge in [0.25, 0.3) is 0 Å². The molecule has 0 amide bonds. The zero-order chi connectivity index (χ0) is 22.2. The van der Waals surface area contributed by atoms with E-state index in [0.717, 1.165) is 25.3 Å². The Morgan fingerprint density at radius 3 is 2.61 bits per heavy atom. The van der Waals surface area contributed by atoms with Crippen molar-refractivity contribution in [2.75, 3.05) is 17.2 Å². The van der Waals surface area contributed by atoms with Crippen LogP contribution in [0.4, 0.5) is 20.3 Å². The van der Waals surface area contributed by atoms with E-state index in [2.05, 4.69) is 33.4 Å². The number of nitrogen functional groups attached to an aromatic ring is 1. The van der Waals surface area contributed by atoms with Crippen molar-refractivity contribution in [3.8, 4) is 11.3 Å². The summed E-state index contributed by atoms with van der Waals surface area (Å²) < 4.78 is 27.4. The molecule has 3 rings (SSSR count). The second-order valence-electron chi connectivity index (χ2n) is 6.93. The van der Waals surface area contributed by atoms with Crippen LogP contribution in [0, 0.1) is 11.6 Å². The summed E-state index contributed by atoms with van der Waals surface area (Å²) in [7, 11) is 0. The van der Waals surface area contributed by atoms with Crippen LogP contribution < -0.4 is 10.6 Å².